The van der Waals surface area contributed by atoms with Crippen molar-refractivity contribution in [3.05, 3.63) is 47.5 Å². The normalized spacial score (nSPS) is 13.3. The molecule has 92 valence electrons. The van der Waals surface area contributed by atoms with Gasteiger partial charge in [-0.3, -0.25) is 10.4 Å². The maximum absolute atomic E-state index is 10.0. The standard InChI is InChI=1S/C14H14N2O2/c1-9-3-5-11-12-6-4-10(2)8-14(12)16(18)15(17)13(11)7-9/h3-8,17-18H,1-2H3. The predicted molar refractivity (Wildman–Crippen MR) is 69.9 cm³/mol. The number of nitrogens with zero attached hydrogens (tertiary/aromatic N) is 2. The molecule has 0 spiro atoms. The number of hydrazine groups is 1. The zero-order valence-corrected chi connectivity index (χ0v) is 10.3. The topological polar surface area (TPSA) is 46.9 Å². The van der Waals surface area contributed by atoms with Crippen LogP contribution < -0.4 is 10.3 Å². The molecular formula is C14H14N2O2. The Balaban J connectivity index is 2.31. The smallest absolute Gasteiger partial charge is 0.0984 e. The first kappa shape index (κ1) is 11.1. The summed E-state index contributed by atoms with van der Waals surface area (Å²) in [6.07, 6.45) is 0. The number of hydrogen-bond donors (Lipinski definition) is 2. The molecule has 0 radical (unpaired) electrons. The van der Waals surface area contributed by atoms with E-state index in [9.17, 15) is 10.4 Å². The molecule has 0 amide bonds. The van der Waals surface area contributed by atoms with Gasteiger partial charge in [-0.1, -0.05) is 24.3 Å². The molecule has 1 aliphatic heterocycles. The van der Waals surface area contributed by atoms with Crippen molar-refractivity contribution >= 4 is 11.4 Å². The Labute approximate surface area is 105 Å². The first-order valence-corrected chi connectivity index (χ1v) is 5.77. The summed E-state index contributed by atoms with van der Waals surface area (Å²) in [7, 11) is 0. The van der Waals surface area contributed by atoms with E-state index in [0.717, 1.165) is 32.6 Å². The lowest BCUT2D eigenvalue weighted by atomic mass is 9.97. The second-order valence-electron chi connectivity index (χ2n) is 4.62. The lowest BCUT2D eigenvalue weighted by Crippen LogP contribution is -2.40. The van der Waals surface area contributed by atoms with E-state index in [2.05, 4.69) is 0 Å². The van der Waals surface area contributed by atoms with Gasteiger partial charge in [-0.05, 0) is 37.1 Å². The van der Waals surface area contributed by atoms with Crippen LogP contribution in [0.3, 0.4) is 0 Å². The molecule has 0 saturated carbocycles. The Kier molecular flexibility index (Phi) is 2.29. The average molecular weight is 242 g/mol. The van der Waals surface area contributed by atoms with Crippen LogP contribution in [0.25, 0.3) is 11.1 Å². The van der Waals surface area contributed by atoms with Gasteiger partial charge in [0.1, 0.15) is 0 Å². The fourth-order valence-corrected chi connectivity index (χ4v) is 2.27. The van der Waals surface area contributed by atoms with E-state index in [-0.39, 0.29) is 0 Å². The van der Waals surface area contributed by atoms with Crippen molar-refractivity contribution in [2.45, 2.75) is 13.8 Å². The van der Waals surface area contributed by atoms with E-state index in [1.165, 1.54) is 0 Å². The molecule has 0 saturated heterocycles. The lowest BCUT2D eigenvalue weighted by Gasteiger charge is -2.34. The van der Waals surface area contributed by atoms with Crippen LogP contribution in [0, 0.1) is 13.8 Å². The van der Waals surface area contributed by atoms with Gasteiger partial charge in [0, 0.05) is 11.1 Å². The van der Waals surface area contributed by atoms with Crippen LogP contribution in [0.2, 0.25) is 0 Å². The average Bonchev–Trinajstić information content (AvgIpc) is 2.36. The monoisotopic (exact) mass is 242 g/mol. The summed E-state index contributed by atoms with van der Waals surface area (Å²) in [6, 6.07) is 11.6. The van der Waals surface area contributed by atoms with E-state index in [1.807, 2.05) is 50.2 Å². The SMILES string of the molecule is Cc1ccc2c(c1)N(O)N(O)c1cc(C)ccc1-2. The van der Waals surface area contributed by atoms with Crippen LogP contribution in [-0.2, 0) is 0 Å². The van der Waals surface area contributed by atoms with Gasteiger partial charge in [-0.15, -0.1) is 10.3 Å². The number of hydrogen-bond acceptors (Lipinski definition) is 4. The van der Waals surface area contributed by atoms with Crippen molar-refractivity contribution in [1.82, 2.24) is 0 Å². The Morgan fingerprint density at radius 2 is 1.11 bits per heavy atom. The number of benzene rings is 2. The summed E-state index contributed by atoms with van der Waals surface area (Å²) in [5.74, 6) is 0. The van der Waals surface area contributed by atoms with Gasteiger partial charge in [0.15, 0.2) is 0 Å². The molecule has 4 heteroatoms. The van der Waals surface area contributed by atoms with Gasteiger partial charge in [0.2, 0.25) is 0 Å². The minimum Gasteiger partial charge on any atom is -0.267 e. The van der Waals surface area contributed by atoms with Gasteiger partial charge in [0.05, 0.1) is 11.4 Å². The highest BCUT2D eigenvalue weighted by molar-refractivity contribution is 5.91. The van der Waals surface area contributed by atoms with Crippen molar-refractivity contribution in [3.63, 3.8) is 0 Å². The first-order valence-electron chi connectivity index (χ1n) is 5.77. The van der Waals surface area contributed by atoms with Crippen LogP contribution >= 0.6 is 0 Å². The van der Waals surface area contributed by atoms with E-state index in [0.29, 0.717) is 11.4 Å². The predicted octanol–water partition coefficient (Wildman–Crippen LogP) is 3.29. The van der Waals surface area contributed by atoms with Crippen molar-refractivity contribution in [2.24, 2.45) is 0 Å². The minimum atomic E-state index is 0.578. The highest BCUT2D eigenvalue weighted by atomic mass is 16.7. The summed E-state index contributed by atoms with van der Waals surface area (Å²) in [4.78, 5) is 0. The largest absolute Gasteiger partial charge is 0.267 e. The van der Waals surface area contributed by atoms with Crippen molar-refractivity contribution < 1.29 is 10.4 Å². The number of fused-ring (bicyclic) bond motifs is 3. The fourth-order valence-electron chi connectivity index (χ4n) is 2.27. The van der Waals surface area contributed by atoms with Gasteiger partial charge >= 0.3 is 0 Å². The molecular weight excluding hydrogens is 228 g/mol. The third kappa shape index (κ3) is 1.47. The van der Waals surface area contributed by atoms with Gasteiger partial charge in [-0.25, -0.2) is 0 Å². The second kappa shape index (κ2) is 3.73. The zero-order valence-electron chi connectivity index (χ0n) is 10.3. The van der Waals surface area contributed by atoms with E-state index < -0.39 is 0 Å². The minimum absolute atomic E-state index is 0.578. The third-order valence-electron chi connectivity index (χ3n) is 3.21. The molecule has 4 nitrogen and oxygen atoms in total. The van der Waals surface area contributed by atoms with E-state index in [4.69, 9.17) is 0 Å². The summed E-state index contributed by atoms with van der Waals surface area (Å²) in [6.45, 7) is 3.89. The molecule has 3 rings (SSSR count). The molecule has 2 aromatic carbocycles. The highest BCUT2D eigenvalue weighted by Crippen LogP contribution is 2.42. The van der Waals surface area contributed by atoms with Gasteiger partial charge in [-0.2, -0.15) is 0 Å². The molecule has 0 atom stereocenters. The number of anilines is 2. The van der Waals surface area contributed by atoms with E-state index in [1.54, 1.807) is 0 Å². The Bertz CT molecular complexity index is 570. The number of rotatable bonds is 0. The quantitative estimate of drug-likeness (QED) is 0.744. The maximum Gasteiger partial charge on any atom is 0.0984 e. The van der Waals surface area contributed by atoms with Crippen LogP contribution in [-0.4, -0.2) is 10.4 Å². The lowest BCUT2D eigenvalue weighted by molar-refractivity contribution is 0.117. The van der Waals surface area contributed by atoms with Gasteiger partial charge in [0.25, 0.3) is 0 Å². The fraction of sp³-hybridized carbons (Fsp3) is 0.143. The third-order valence-corrected chi connectivity index (χ3v) is 3.21. The Hall–Kier alpha value is -2.04. The first-order chi connectivity index (χ1) is 8.58. The van der Waals surface area contributed by atoms with Gasteiger partial charge < -0.3 is 0 Å². The molecule has 2 N–H and O–H groups in total. The summed E-state index contributed by atoms with van der Waals surface area (Å²) in [5.41, 5.74) is 5.02. The van der Waals surface area contributed by atoms with E-state index >= 15 is 0 Å². The maximum atomic E-state index is 10.0. The Morgan fingerprint density at radius 1 is 0.722 bits per heavy atom. The molecule has 0 fully saturated rings. The summed E-state index contributed by atoms with van der Waals surface area (Å²) >= 11 is 0. The summed E-state index contributed by atoms with van der Waals surface area (Å²) in [5, 5.41) is 21.5. The van der Waals surface area contributed by atoms with Crippen molar-refractivity contribution in [3.8, 4) is 11.1 Å². The van der Waals surface area contributed by atoms with Crippen LogP contribution in [0.1, 0.15) is 11.1 Å². The molecule has 0 aromatic heterocycles. The molecule has 0 unspecified atom stereocenters. The zero-order chi connectivity index (χ0) is 12.9. The molecule has 2 aromatic rings. The van der Waals surface area contributed by atoms with Crippen LogP contribution in [0.4, 0.5) is 11.4 Å². The van der Waals surface area contributed by atoms with Crippen LogP contribution in [0.15, 0.2) is 36.4 Å². The Morgan fingerprint density at radius 3 is 1.50 bits per heavy atom. The summed E-state index contributed by atoms with van der Waals surface area (Å²) < 4.78 is 0. The highest BCUT2D eigenvalue weighted by Gasteiger charge is 2.26. The number of aryl methyl sites for hydroxylation is 2. The molecule has 0 bridgehead atoms. The second-order valence-corrected chi connectivity index (χ2v) is 4.62. The molecule has 1 heterocycles. The van der Waals surface area contributed by atoms with Crippen molar-refractivity contribution in [1.29, 1.82) is 0 Å². The molecule has 0 aliphatic carbocycles. The van der Waals surface area contributed by atoms with Crippen molar-refractivity contribution in [2.75, 3.05) is 10.3 Å². The molecule has 1 aliphatic rings. The molecule has 18 heavy (non-hydrogen) atoms. The van der Waals surface area contributed by atoms with Crippen LogP contribution in [0.5, 0.6) is 0 Å².